The molecule has 16 heavy (non-hydrogen) atoms. The molecule has 2 rings (SSSR count). The van der Waals surface area contributed by atoms with Crippen molar-refractivity contribution in [2.24, 2.45) is 0 Å². The molecule has 0 spiro atoms. The van der Waals surface area contributed by atoms with E-state index >= 15 is 0 Å². The van der Waals surface area contributed by atoms with E-state index in [0.29, 0.717) is 23.4 Å². The fourth-order valence-electron chi connectivity index (χ4n) is 1.64. The van der Waals surface area contributed by atoms with Gasteiger partial charge in [0.1, 0.15) is 6.10 Å². The third-order valence-electron chi connectivity index (χ3n) is 2.42. The number of hydrogen-bond donors (Lipinski definition) is 0. The van der Waals surface area contributed by atoms with Crippen molar-refractivity contribution in [1.82, 2.24) is 0 Å². The Kier molecular flexibility index (Phi) is 2.78. The molecular formula is C10H8ClNO4. The first-order valence-corrected chi connectivity index (χ1v) is 5.09. The number of halogens is 1. The molecule has 0 aliphatic carbocycles. The fourth-order valence-corrected chi connectivity index (χ4v) is 1.88. The number of rotatable bonds is 2. The zero-order valence-corrected chi connectivity index (χ0v) is 8.94. The maximum Gasteiger partial charge on any atom is 0.306 e. The van der Waals surface area contributed by atoms with Gasteiger partial charge in [0.25, 0.3) is 5.69 Å². The first kappa shape index (κ1) is 10.9. The van der Waals surface area contributed by atoms with Crippen LogP contribution in [-0.4, -0.2) is 10.9 Å². The molecule has 1 heterocycles. The van der Waals surface area contributed by atoms with Crippen molar-refractivity contribution in [1.29, 1.82) is 0 Å². The lowest BCUT2D eigenvalue weighted by molar-refractivity contribution is -0.385. The Labute approximate surface area is 96.1 Å². The van der Waals surface area contributed by atoms with Gasteiger partial charge in [0, 0.05) is 29.1 Å². The average molecular weight is 242 g/mol. The number of cyclic esters (lactones) is 1. The van der Waals surface area contributed by atoms with E-state index in [2.05, 4.69) is 0 Å². The fraction of sp³-hybridized carbons (Fsp3) is 0.300. The zero-order valence-electron chi connectivity index (χ0n) is 8.18. The Balaban J connectivity index is 2.35. The Hall–Kier alpha value is -1.62. The molecule has 0 aromatic heterocycles. The van der Waals surface area contributed by atoms with Crippen LogP contribution < -0.4 is 0 Å². The molecule has 1 aliphatic heterocycles. The van der Waals surface area contributed by atoms with Crippen molar-refractivity contribution in [3.63, 3.8) is 0 Å². The standard InChI is InChI=1S/C10H8ClNO4/c11-8-2-1-6(12(14)15)5-7(8)9-3-4-10(13)16-9/h1-2,5,9H,3-4H2. The molecule has 0 amide bonds. The van der Waals surface area contributed by atoms with E-state index in [1.165, 1.54) is 18.2 Å². The largest absolute Gasteiger partial charge is 0.457 e. The molecule has 1 aromatic rings. The summed E-state index contributed by atoms with van der Waals surface area (Å²) in [7, 11) is 0. The second-order valence-electron chi connectivity index (χ2n) is 3.48. The van der Waals surface area contributed by atoms with E-state index in [4.69, 9.17) is 16.3 Å². The van der Waals surface area contributed by atoms with E-state index < -0.39 is 11.0 Å². The molecule has 0 bridgehead atoms. The number of esters is 1. The molecule has 84 valence electrons. The van der Waals surface area contributed by atoms with Gasteiger partial charge in [0.05, 0.1) is 4.92 Å². The molecule has 0 saturated carbocycles. The molecule has 1 atom stereocenters. The lowest BCUT2D eigenvalue weighted by Gasteiger charge is -2.10. The van der Waals surface area contributed by atoms with Crippen molar-refractivity contribution in [3.05, 3.63) is 38.9 Å². The van der Waals surface area contributed by atoms with Gasteiger partial charge in [0.2, 0.25) is 0 Å². The average Bonchev–Trinajstić information content (AvgIpc) is 2.65. The van der Waals surface area contributed by atoms with Crippen LogP contribution in [0.5, 0.6) is 0 Å². The van der Waals surface area contributed by atoms with E-state index in [0.717, 1.165) is 0 Å². The Morgan fingerprint density at radius 3 is 2.81 bits per heavy atom. The predicted octanol–water partition coefficient (Wildman–Crippen LogP) is 2.63. The molecule has 1 aliphatic rings. The van der Waals surface area contributed by atoms with Gasteiger partial charge in [-0.1, -0.05) is 11.6 Å². The predicted molar refractivity (Wildman–Crippen MR) is 56.2 cm³/mol. The molecule has 1 fully saturated rings. The second kappa shape index (κ2) is 4.09. The topological polar surface area (TPSA) is 69.4 Å². The summed E-state index contributed by atoms with van der Waals surface area (Å²) in [5.74, 6) is -0.299. The number of nitro groups is 1. The van der Waals surface area contributed by atoms with Crippen LogP contribution in [0.4, 0.5) is 5.69 Å². The van der Waals surface area contributed by atoms with Gasteiger partial charge in [-0.2, -0.15) is 0 Å². The summed E-state index contributed by atoms with van der Waals surface area (Å²) in [6.45, 7) is 0. The van der Waals surface area contributed by atoms with Gasteiger partial charge in [-0.25, -0.2) is 0 Å². The van der Waals surface area contributed by atoms with E-state index in [1.807, 2.05) is 0 Å². The minimum Gasteiger partial charge on any atom is -0.457 e. The van der Waals surface area contributed by atoms with Gasteiger partial charge < -0.3 is 4.74 Å². The molecule has 1 unspecified atom stereocenters. The van der Waals surface area contributed by atoms with Crippen molar-refractivity contribution in [2.45, 2.75) is 18.9 Å². The SMILES string of the molecule is O=C1CCC(c2cc([N+](=O)[O-])ccc2Cl)O1. The monoisotopic (exact) mass is 241 g/mol. The summed E-state index contributed by atoms with van der Waals surface area (Å²) in [6, 6.07) is 4.12. The maximum absolute atomic E-state index is 11.0. The Morgan fingerprint density at radius 2 is 2.25 bits per heavy atom. The lowest BCUT2D eigenvalue weighted by Crippen LogP contribution is -2.00. The molecule has 1 saturated heterocycles. The van der Waals surface area contributed by atoms with E-state index in [1.54, 1.807) is 0 Å². The highest BCUT2D eigenvalue weighted by Crippen LogP contribution is 2.35. The Morgan fingerprint density at radius 1 is 1.50 bits per heavy atom. The van der Waals surface area contributed by atoms with Crippen LogP contribution in [0.1, 0.15) is 24.5 Å². The zero-order chi connectivity index (χ0) is 11.7. The van der Waals surface area contributed by atoms with Crippen LogP contribution in [0.3, 0.4) is 0 Å². The molecule has 1 aromatic carbocycles. The van der Waals surface area contributed by atoms with Crippen molar-refractivity contribution in [2.75, 3.05) is 0 Å². The molecule has 0 radical (unpaired) electrons. The summed E-state index contributed by atoms with van der Waals surface area (Å²) in [4.78, 5) is 21.1. The number of benzene rings is 1. The number of carbonyl (C=O) groups is 1. The van der Waals surface area contributed by atoms with Crippen LogP contribution in [0.2, 0.25) is 5.02 Å². The van der Waals surface area contributed by atoms with Crippen LogP contribution in [0.15, 0.2) is 18.2 Å². The second-order valence-corrected chi connectivity index (χ2v) is 3.89. The van der Waals surface area contributed by atoms with Gasteiger partial charge in [-0.3, -0.25) is 14.9 Å². The van der Waals surface area contributed by atoms with Crippen LogP contribution in [0.25, 0.3) is 0 Å². The lowest BCUT2D eigenvalue weighted by atomic mass is 10.1. The number of non-ortho nitro benzene ring substituents is 1. The minimum atomic E-state index is -0.503. The molecular weight excluding hydrogens is 234 g/mol. The summed E-state index contributed by atoms with van der Waals surface area (Å²) in [6.07, 6.45) is 0.378. The first-order chi connectivity index (χ1) is 7.58. The number of ether oxygens (including phenoxy) is 1. The summed E-state index contributed by atoms with van der Waals surface area (Å²) >= 11 is 5.91. The van der Waals surface area contributed by atoms with Crippen molar-refractivity contribution >= 4 is 23.3 Å². The van der Waals surface area contributed by atoms with Crippen LogP contribution >= 0.6 is 11.6 Å². The van der Waals surface area contributed by atoms with Gasteiger partial charge in [0.15, 0.2) is 0 Å². The highest BCUT2D eigenvalue weighted by Gasteiger charge is 2.27. The first-order valence-electron chi connectivity index (χ1n) is 4.71. The smallest absolute Gasteiger partial charge is 0.306 e. The van der Waals surface area contributed by atoms with E-state index in [-0.39, 0.29) is 11.7 Å². The number of hydrogen-bond acceptors (Lipinski definition) is 4. The van der Waals surface area contributed by atoms with Crippen molar-refractivity contribution < 1.29 is 14.5 Å². The van der Waals surface area contributed by atoms with Gasteiger partial charge in [-0.15, -0.1) is 0 Å². The van der Waals surface area contributed by atoms with Gasteiger partial charge in [-0.05, 0) is 12.5 Å². The maximum atomic E-state index is 11.0. The summed E-state index contributed by atoms with van der Waals surface area (Å²) in [5.41, 5.74) is 0.448. The quantitative estimate of drug-likeness (QED) is 0.453. The van der Waals surface area contributed by atoms with Gasteiger partial charge >= 0.3 is 5.97 Å². The van der Waals surface area contributed by atoms with Crippen LogP contribution in [0, 0.1) is 10.1 Å². The number of carbonyl (C=O) groups excluding carboxylic acids is 1. The number of nitro benzene ring substituents is 1. The van der Waals surface area contributed by atoms with Crippen molar-refractivity contribution in [3.8, 4) is 0 Å². The summed E-state index contributed by atoms with van der Waals surface area (Å²) in [5, 5.41) is 11.0. The van der Waals surface area contributed by atoms with Crippen LogP contribution in [-0.2, 0) is 9.53 Å². The summed E-state index contributed by atoms with van der Waals surface area (Å²) < 4.78 is 5.02. The minimum absolute atomic E-state index is 0.0534. The van der Waals surface area contributed by atoms with E-state index in [9.17, 15) is 14.9 Å². The molecule has 5 nitrogen and oxygen atoms in total. The molecule has 0 N–H and O–H groups in total. The molecule has 6 heteroatoms. The highest BCUT2D eigenvalue weighted by atomic mass is 35.5. The Bertz CT molecular complexity index is 460. The number of nitrogens with zero attached hydrogens (tertiary/aromatic N) is 1. The highest BCUT2D eigenvalue weighted by molar-refractivity contribution is 6.31. The normalized spacial score (nSPS) is 19.6. The third-order valence-corrected chi connectivity index (χ3v) is 2.77. The third kappa shape index (κ3) is 1.99.